The SMILES string of the molecule is CCCN(C)C(C)(C)CCC.Cc1nc(Nc2cccc(F)c2C(F)(F)F)n(C)n1. The lowest BCUT2D eigenvalue weighted by Crippen LogP contribution is -2.41. The number of aryl methyl sites for hydroxylation is 2. The van der Waals surface area contributed by atoms with Gasteiger partial charge < -0.3 is 10.2 Å². The number of nitrogens with one attached hydrogen (secondary N) is 1. The second-order valence-electron chi connectivity index (χ2n) is 7.88. The second-order valence-corrected chi connectivity index (χ2v) is 7.88. The number of benzene rings is 1. The zero-order valence-electron chi connectivity index (χ0n) is 18.9. The van der Waals surface area contributed by atoms with E-state index in [9.17, 15) is 17.6 Å². The van der Waals surface area contributed by atoms with Gasteiger partial charge in [-0.2, -0.15) is 23.3 Å². The van der Waals surface area contributed by atoms with Gasteiger partial charge in [0.15, 0.2) is 0 Å². The molecule has 2 aromatic rings. The van der Waals surface area contributed by atoms with Gasteiger partial charge in [-0.1, -0.05) is 26.3 Å². The minimum Gasteiger partial charge on any atom is -0.324 e. The van der Waals surface area contributed by atoms with Crippen LogP contribution in [0, 0.1) is 12.7 Å². The van der Waals surface area contributed by atoms with Gasteiger partial charge in [0.25, 0.3) is 0 Å². The van der Waals surface area contributed by atoms with Crippen LogP contribution < -0.4 is 5.32 Å². The molecule has 0 saturated carbocycles. The number of aromatic nitrogens is 3. The highest BCUT2D eigenvalue weighted by molar-refractivity contribution is 5.60. The van der Waals surface area contributed by atoms with Crippen LogP contribution in [0.2, 0.25) is 0 Å². The smallest absolute Gasteiger partial charge is 0.324 e. The van der Waals surface area contributed by atoms with E-state index in [1.807, 2.05) is 0 Å². The molecule has 0 bridgehead atoms. The summed E-state index contributed by atoms with van der Waals surface area (Å²) in [6.07, 6.45) is -0.963. The zero-order chi connectivity index (χ0) is 23.1. The van der Waals surface area contributed by atoms with Crippen molar-refractivity contribution in [2.24, 2.45) is 7.05 Å². The van der Waals surface area contributed by atoms with E-state index in [1.54, 1.807) is 6.92 Å². The third-order valence-electron chi connectivity index (χ3n) is 4.87. The number of nitrogens with zero attached hydrogens (tertiary/aromatic N) is 4. The van der Waals surface area contributed by atoms with Crippen molar-refractivity contribution in [2.45, 2.75) is 65.6 Å². The molecule has 0 spiro atoms. The normalized spacial score (nSPS) is 12.0. The summed E-state index contributed by atoms with van der Waals surface area (Å²) in [6, 6.07) is 3.09. The van der Waals surface area contributed by atoms with E-state index in [0.717, 1.165) is 12.1 Å². The molecule has 1 heterocycles. The Kier molecular flexibility index (Phi) is 9.27. The summed E-state index contributed by atoms with van der Waals surface area (Å²) in [5.74, 6) is -0.833. The van der Waals surface area contributed by atoms with Crippen LogP contribution in [0.1, 0.15) is 58.3 Å². The summed E-state index contributed by atoms with van der Waals surface area (Å²) in [4.78, 5) is 6.36. The van der Waals surface area contributed by atoms with E-state index in [1.165, 1.54) is 43.6 Å². The summed E-state index contributed by atoms with van der Waals surface area (Å²) >= 11 is 0. The Morgan fingerprint density at radius 3 is 2.23 bits per heavy atom. The Morgan fingerprint density at radius 2 is 1.77 bits per heavy atom. The first-order valence-corrected chi connectivity index (χ1v) is 10.0. The molecule has 0 unspecified atom stereocenters. The number of hydrogen-bond donors (Lipinski definition) is 1. The topological polar surface area (TPSA) is 46.0 Å². The molecule has 2 rings (SSSR count). The van der Waals surface area contributed by atoms with Crippen molar-refractivity contribution in [1.82, 2.24) is 19.7 Å². The van der Waals surface area contributed by atoms with Gasteiger partial charge in [0.2, 0.25) is 5.95 Å². The number of anilines is 2. The van der Waals surface area contributed by atoms with Crippen LogP contribution >= 0.6 is 0 Å². The molecular weight excluding hydrogens is 398 g/mol. The molecule has 1 aromatic carbocycles. The molecule has 0 aliphatic rings. The Morgan fingerprint density at radius 1 is 1.13 bits per heavy atom. The van der Waals surface area contributed by atoms with Gasteiger partial charge in [0.1, 0.15) is 17.2 Å². The lowest BCUT2D eigenvalue weighted by Gasteiger charge is -2.35. The number of rotatable bonds is 7. The molecule has 0 fully saturated rings. The quantitative estimate of drug-likeness (QED) is 0.552. The minimum absolute atomic E-state index is 0.105. The predicted molar refractivity (Wildman–Crippen MR) is 112 cm³/mol. The fourth-order valence-electron chi connectivity index (χ4n) is 3.10. The minimum atomic E-state index is -4.79. The largest absolute Gasteiger partial charge is 0.421 e. The van der Waals surface area contributed by atoms with Crippen LogP contribution in [-0.2, 0) is 13.2 Å². The third kappa shape index (κ3) is 7.27. The van der Waals surface area contributed by atoms with Crippen LogP contribution in [0.25, 0.3) is 0 Å². The summed E-state index contributed by atoms with van der Waals surface area (Å²) in [5.41, 5.74) is -1.36. The van der Waals surface area contributed by atoms with Crippen LogP contribution in [0.5, 0.6) is 0 Å². The maximum absolute atomic E-state index is 13.4. The predicted octanol–water partition coefficient (Wildman–Crippen LogP) is 5.93. The van der Waals surface area contributed by atoms with Crippen molar-refractivity contribution >= 4 is 11.6 Å². The fourth-order valence-corrected chi connectivity index (χ4v) is 3.10. The number of hydrogen-bond acceptors (Lipinski definition) is 4. The molecule has 30 heavy (non-hydrogen) atoms. The first kappa shape index (κ1) is 25.9. The van der Waals surface area contributed by atoms with Crippen molar-refractivity contribution in [1.29, 1.82) is 0 Å². The van der Waals surface area contributed by atoms with Gasteiger partial charge in [-0.15, -0.1) is 0 Å². The molecule has 1 N–H and O–H groups in total. The summed E-state index contributed by atoms with van der Waals surface area (Å²) < 4.78 is 53.0. The van der Waals surface area contributed by atoms with Gasteiger partial charge in [0.05, 0.1) is 5.69 Å². The maximum Gasteiger partial charge on any atom is 0.421 e. The lowest BCUT2D eigenvalue weighted by atomic mass is 9.97. The molecule has 0 saturated heterocycles. The van der Waals surface area contributed by atoms with E-state index in [2.05, 4.69) is 55.0 Å². The van der Waals surface area contributed by atoms with E-state index >= 15 is 0 Å². The highest BCUT2D eigenvalue weighted by atomic mass is 19.4. The van der Waals surface area contributed by atoms with Crippen LogP contribution in [0.3, 0.4) is 0 Å². The Hall–Kier alpha value is -2.16. The van der Waals surface area contributed by atoms with Crippen LogP contribution in [0.4, 0.5) is 29.2 Å². The Bertz CT molecular complexity index is 799. The summed E-state index contributed by atoms with van der Waals surface area (Å²) in [7, 11) is 3.74. The standard InChI is InChI=1S/C11H10F4N4.C10H23N/c1-6-16-10(19(2)18-6)17-8-5-3-4-7(12)9(8)11(13,14)15;1-6-8-10(3,4)11(5)9-7-2/h3-5H,1-2H3,(H,16,17,18);6-9H2,1-5H3. The van der Waals surface area contributed by atoms with Crippen molar-refractivity contribution in [3.8, 4) is 0 Å². The second kappa shape index (κ2) is 10.7. The number of halogens is 4. The highest BCUT2D eigenvalue weighted by Crippen LogP contribution is 2.37. The monoisotopic (exact) mass is 431 g/mol. The van der Waals surface area contributed by atoms with Crippen LogP contribution in [0.15, 0.2) is 18.2 Å². The van der Waals surface area contributed by atoms with Gasteiger partial charge in [-0.05, 0) is 59.3 Å². The van der Waals surface area contributed by atoms with Crippen molar-refractivity contribution in [3.63, 3.8) is 0 Å². The summed E-state index contributed by atoms with van der Waals surface area (Å²) in [6.45, 7) is 12.0. The molecule has 170 valence electrons. The molecule has 1 aromatic heterocycles. The van der Waals surface area contributed by atoms with Gasteiger partial charge in [-0.25, -0.2) is 9.07 Å². The van der Waals surface area contributed by atoms with E-state index < -0.39 is 23.2 Å². The van der Waals surface area contributed by atoms with E-state index in [0.29, 0.717) is 11.4 Å². The molecule has 5 nitrogen and oxygen atoms in total. The highest BCUT2D eigenvalue weighted by Gasteiger charge is 2.37. The molecule has 0 amide bonds. The summed E-state index contributed by atoms with van der Waals surface area (Å²) in [5, 5.41) is 6.33. The van der Waals surface area contributed by atoms with Gasteiger partial charge in [0, 0.05) is 12.6 Å². The zero-order valence-corrected chi connectivity index (χ0v) is 18.9. The van der Waals surface area contributed by atoms with Crippen molar-refractivity contribution in [2.75, 3.05) is 18.9 Å². The fraction of sp³-hybridized carbons (Fsp3) is 0.619. The van der Waals surface area contributed by atoms with Crippen molar-refractivity contribution < 1.29 is 17.6 Å². The van der Waals surface area contributed by atoms with E-state index in [4.69, 9.17) is 0 Å². The molecule has 0 aliphatic carbocycles. The van der Waals surface area contributed by atoms with E-state index in [-0.39, 0.29) is 5.95 Å². The molecule has 9 heteroatoms. The molecule has 0 atom stereocenters. The maximum atomic E-state index is 13.4. The van der Waals surface area contributed by atoms with Gasteiger partial charge in [-0.3, -0.25) is 0 Å². The molecule has 0 radical (unpaired) electrons. The first-order valence-electron chi connectivity index (χ1n) is 10.0. The first-order chi connectivity index (χ1) is 13.8. The molecular formula is C21H33F4N5. The lowest BCUT2D eigenvalue weighted by molar-refractivity contribution is -0.139. The third-order valence-corrected chi connectivity index (χ3v) is 4.87. The average Bonchev–Trinajstić information content (AvgIpc) is 2.91. The van der Waals surface area contributed by atoms with Crippen LogP contribution in [-0.4, -0.2) is 38.8 Å². The molecule has 0 aliphatic heterocycles. The average molecular weight is 432 g/mol. The Balaban J connectivity index is 0.000000352. The van der Waals surface area contributed by atoms with Gasteiger partial charge >= 0.3 is 6.18 Å². The Labute approximate surface area is 176 Å². The van der Waals surface area contributed by atoms with Crippen molar-refractivity contribution in [3.05, 3.63) is 35.4 Å². The number of alkyl halides is 3.